The number of nitrogens with two attached hydrogens (primary N) is 1. The third-order valence-corrected chi connectivity index (χ3v) is 4.47. The second kappa shape index (κ2) is 7.43. The number of hydrogen-bond acceptors (Lipinski definition) is 4. The van der Waals surface area contributed by atoms with Crippen LogP contribution in [0.3, 0.4) is 0 Å². The Morgan fingerprint density at radius 2 is 2.17 bits per heavy atom. The van der Waals surface area contributed by atoms with Crippen molar-refractivity contribution in [2.45, 2.75) is 57.2 Å². The predicted molar refractivity (Wildman–Crippen MR) is 74.2 cm³/mol. The molecule has 0 bridgehead atoms. The zero-order chi connectivity index (χ0) is 12.8. The van der Waals surface area contributed by atoms with Crippen LogP contribution in [0.25, 0.3) is 0 Å². The summed E-state index contributed by atoms with van der Waals surface area (Å²) in [5.74, 6) is 0.791. The highest BCUT2D eigenvalue weighted by Gasteiger charge is 2.32. The number of unbranched alkanes of at least 4 members (excludes halogenated alkanes) is 2. The number of nitrogens with zero attached hydrogens (tertiary/aromatic N) is 1. The van der Waals surface area contributed by atoms with Crippen molar-refractivity contribution in [3.05, 3.63) is 0 Å². The first-order valence-corrected chi connectivity index (χ1v) is 7.67. The maximum Gasteiger partial charge on any atom is 0.122 e. The normalized spacial score (nSPS) is 31.0. The van der Waals surface area contributed by atoms with Crippen molar-refractivity contribution >= 4 is 0 Å². The van der Waals surface area contributed by atoms with Crippen LogP contribution in [0.5, 0.6) is 0 Å². The molecule has 2 rings (SSSR count). The Balaban J connectivity index is 1.64. The quantitative estimate of drug-likeness (QED) is 0.592. The first kappa shape index (κ1) is 14.3. The average molecular weight is 255 g/mol. The van der Waals surface area contributed by atoms with E-state index in [1.165, 1.54) is 32.1 Å². The van der Waals surface area contributed by atoms with Gasteiger partial charge in [-0.15, -0.1) is 0 Å². The fourth-order valence-corrected chi connectivity index (χ4v) is 3.31. The zero-order valence-corrected chi connectivity index (χ0v) is 11.5. The molecule has 0 aromatic carbocycles. The highest BCUT2D eigenvalue weighted by Crippen LogP contribution is 2.25. The van der Waals surface area contributed by atoms with Gasteiger partial charge in [-0.3, -0.25) is 4.90 Å². The molecule has 0 spiro atoms. The van der Waals surface area contributed by atoms with Crippen LogP contribution in [-0.4, -0.2) is 48.5 Å². The predicted octanol–water partition coefficient (Wildman–Crippen LogP) is 0.898. The minimum absolute atomic E-state index is 0.262. The lowest BCUT2D eigenvalue weighted by molar-refractivity contribution is -0.00742. The summed E-state index contributed by atoms with van der Waals surface area (Å²) in [7, 11) is 0. The van der Waals surface area contributed by atoms with Crippen molar-refractivity contribution in [3.8, 4) is 0 Å². The smallest absolute Gasteiger partial charge is 0.122 e. The van der Waals surface area contributed by atoms with Crippen molar-refractivity contribution in [2.24, 2.45) is 11.7 Å². The summed E-state index contributed by atoms with van der Waals surface area (Å²) in [6.45, 7) is 4.05. The summed E-state index contributed by atoms with van der Waals surface area (Å²) in [6.07, 6.45) is 8.35. The largest absolute Gasteiger partial charge is 0.377 e. The number of aliphatic hydroxyl groups is 1. The maximum absolute atomic E-state index is 10.3. The molecule has 0 radical (unpaired) electrons. The van der Waals surface area contributed by atoms with Gasteiger partial charge in [-0.25, -0.2) is 0 Å². The molecule has 2 aliphatic rings. The molecule has 4 heteroatoms. The van der Waals surface area contributed by atoms with Gasteiger partial charge in [0.05, 0.1) is 0 Å². The van der Waals surface area contributed by atoms with E-state index in [2.05, 4.69) is 10.2 Å². The van der Waals surface area contributed by atoms with Gasteiger partial charge in [0.2, 0.25) is 0 Å². The van der Waals surface area contributed by atoms with Gasteiger partial charge in [-0.05, 0) is 51.1 Å². The minimum atomic E-state index is -0.262. The lowest BCUT2D eigenvalue weighted by Crippen LogP contribution is -2.46. The van der Waals surface area contributed by atoms with Crippen LogP contribution in [0.1, 0.15) is 44.9 Å². The monoisotopic (exact) mass is 255 g/mol. The van der Waals surface area contributed by atoms with Crippen LogP contribution in [0.15, 0.2) is 0 Å². The Morgan fingerprint density at radius 1 is 1.28 bits per heavy atom. The number of nitrogens with one attached hydrogen (secondary N) is 1. The molecular weight excluding hydrogens is 226 g/mol. The topological polar surface area (TPSA) is 61.5 Å². The van der Waals surface area contributed by atoms with Gasteiger partial charge < -0.3 is 16.2 Å². The number of aliphatic hydroxyl groups excluding tert-OH is 1. The van der Waals surface area contributed by atoms with Crippen LogP contribution >= 0.6 is 0 Å². The van der Waals surface area contributed by atoms with E-state index in [9.17, 15) is 5.11 Å². The molecule has 2 aliphatic heterocycles. The Kier molecular flexibility index (Phi) is 5.89. The van der Waals surface area contributed by atoms with Gasteiger partial charge >= 0.3 is 0 Å². The lowest BCUT2D eigenvalue weighted by Gasteiger charge is -2.28. The van der Waals surface area contributed by atoms with Crippen LogP contribution < -0.4 is 11.1 Å². The fourth-order valence-electron chi connectivity index (χ4n) is 3.31. The molecule has 0 saturated carbocycles. The second-order valence-electron chi connectivity index (χ2n) is 5.90. The molecule has 2 heterocycles. The van der Waals surface area contributed by atoms with Crippen LogP contribution in [0.2, 0.25) is 0 Å². The molecule has 0 aromatic rings. The summed E-state index contributed by atoms with van der Waals surface area (Å²) < 4.78 is 0. The molecule has 0 aliphatic carbocycles. The van der Waals surface area contributed by atoms with Crippen LogP contribution in [-0.2, 0) is 0 Å². The van der Waals surface area contributed by atoms with E-state index in [-0.39, 0.29) is 6.23 Å². The van der Waals surface area contributed by atoms with Crippen LogP contribution in [0.4, 0.5) is 0 Å². The molecule has 106 valence electrons. The SMILES string of the molecule is NCCCCCC1CCN(C(O)C2CCCN2)C1. The third kappa shape index (κ3) is 3.92. The van der Waals surface area contributed by atoms with E-state index in [1.54, 1.807) is 0 Å². The second-order valence-corrected chi connectivity index (χ2v) is 5.90. The van der Waals surface area contributed by atoms with E-state index < -0.39 is 0 Å². The standard InChI is InChI=1S/C14H29N3O/c15-8-3-1-2-5-12-7-10-17(11-12)14(18)13-6-4-9-16-13/h12-14,16,18H,1-11,15H2. The fraction of sp³-hybridized carbons (Fsp3) is 1.00. The molecule has 2 saturated heterocycles. The molecular formula is C14H29N3O. The Labute approximate surface area is 111 Å². The van der Waals surface area contributed by atoms with E-state index in [0.29, 0.717) is 6.04 Å². The molecule has 3 unspecified atom stereocenters. The molecule has 4 nitrogen and oxygen atoms in total. The third-order valence-electron chi connectivity index (χ3n) is 4.47. The van der Waals surface area contributed by atoms with Crippen molar-refractivity contribution in [3.63, 3.8) is 0 Å². The molecule has 0 amide bonds. The maximum atomic E-state index is 10.3. The zero-order valence-electron chi connectivity index (χ0n) is 11.5. The van der Waals surface area contributed by atoms with Crippen molar-refractivity contribution in [1.82, 2.24) is 10.2 Å². The summed E-state index contributed by atoms with van der Waals surface area (Å²) in [6, 6.07) is 0.306. The van der Waals surface area contributed by atoms with E-state index in [4.69, 9.17) is 5.73 Å². The highest BCUT2D eigenvalue weighted by molar-refractivity contribution is 4.86. The van der Waals surface area contributed by atoms with Gasteiger partial charge in [0.25, 0.3) is 0 Å². The number of likely N-dealkylation sites (tertiary alicyclic amines) is 1. The summed E-state index contributed by atoms with van der Waals surface area (Å²) in [5.41, 5.74) is 5.51. The lowest BCUT2D eigenvalue weighted by atomic mass is 10.0. The van der Waals surface area contributed by atoms with E-state index in [1.807, 2.05) is 0 Å². The first-order valence-electron chi connectivity index (χ1n) is 7.67. The van der Waals surface area contributed by atoms with Crippen molar-refractivity contribution in [2.75, 3.05) is 26.2 Å². The van der Waals surface area contributed by atoms with Gasteiger partial charge in [0, 0.05) is 19.1 Å². The molecule has 0 aromatic heterocycles. The average Bonchev–Trinajstić information content (AvgIpc) is 3.05. The number of hydrogen-bond donors (Lipinski definition) is 3. The van der Waals surface area contributed by atoms with Gasteiger partial charge in [0.15, 0.2) is 0 Å². The Hall–Kier alpha value is -0.160. The summed E-state index contributed by atoms with van der Waals surface area (Å²) in [5, 5.41) is 13.7. The van der Waals surface area contributed by atoms with Crippen LogP contribution in [0, 0.1) is 5.92 Å². The van der Waals surface area contributed by atoms with E-state index >= 15 is 0 Å². The summed E-state index contributed by atoms with van der Waals surface area (Å²) >= 11 is 0. The molecule has 2 fully saturated rings. The Morgan fingerprint density at radius 3 is 2.89 bits per heavy atom. The number of rotatable bonds is 7. The van der Waals surface area contributed by atoms with Crippen molar-refractivity contribution in [1.29, 1.82) is 0 Å². The molecule has 18 heavy (non-hydrogen) atoms. The van der Waals surface area contributed by atoms with Gasteiger partial charge in [-0.1, -0.05) is 12.8 Å². The van der Waals surface area contributed by atoms with Gasteiger partial charge in [-0.2, -0.15) is 0 Å². The minimum Gasteiger partial charge on any atom is -0.377 e. The van der Waals surface area contributed by atoms with Gasteiger partial charge in [0.1, 0.15) is 6.23 Å². The molecule has 3 atom stereocenters. The summed E-state index contributed by atoms with van der Waals surface area (Å²) in [4.78, 5) is 2.27. The van der Waals surface area contributed by atoms with Crippen molar-refractivity contribution < 1.29 is 5.11 Å². The first-order chi connectivity index (χ1) is 8.81. The Bertz CT molecular complexity index is 231. The molecule has 4 N–H and O–H groups in total. The van der Waals surface area contributed by atoms with E-state index in [0.717, 1.165) is 44.9 Å². The highest BCUT2D eigenvalue weighted by atomic mass is 16.3.